The molecule has 0 spiro atoms. The number of benzene rings is 2. The van der Waals surface area contributed by atoms with Crippen LogP contribution in [-0.4, -0.2) is 24.7 Å². The minimum absolute atomic E-state index is 0.00578. The Kier molecular flexibility index (Phi) is 7.08. The molecule has 0 unspecified atom stereocenters. The van der Waals surface area contributed by atoms with Crippen molar-refractivity contribution in [1.29, 1.82) is 0 Å². The Morgan fingerprint density at radius 3 is 2.70 bits per heavy atom. The molecule has 1 aromatic heterocycles. The molecule has 156 valence electrons. The van der Waals surface area contributed by atoms with Crippen molar-refractivity contribution in [3.05, 3.63) is 71.1 Å². The SMILES string of the molecule is CCNC(=O)Nc1ccc(OCc2ccc(OC)c(-c3cccc(Cl)c3)c2F)cn1. The van der Waals surface area contributed by atoms with E-state index in [-0.39, 0.29) is 12.6 Å². The van der Waals surface area contributed by atoms with Gasteiger partial charge in [-0.3, -0.25) is 5.32 Å². The molecule has 0 fully saturated rings. The summed E-state index contributed by atoms with van der Waals surface area (Å²) in [6, 6.07) is 13.1. The number of halogens is 2. The van der Waals surface area contributed by atoms with Gasteiger partial charge in [-0.2, -0.15) is 0 Å². The number of urea groups is 1. The van der Waals surface area contributed by atoms with Crippen LogP contribution in [0.15, 0.2) is 54.7 Å². The molecule has 0 aliphatic heterocycles. The van der Waals surface area contributed by atoms with Crippen LogP contribution in [0.25, 0.3) is 11.1 Å². The molecule has 0 aliphatic rings. The second-order valence-electron chi connectivity index (χ2n) is 6.28. The summed E-state index contributed by atoms with van der Waals surface area (Å²) in [4.78, 5) is 15.6. The topological polar surface area (TPSA) is 72.5 Å². The number of pyridine rings is 1. The summed E-state index contributed by atoms with van der Waals surface area (Å²) < 4.78 is 26.2. The molecule has 3 aromatic rings. The number of hydrogen-bond donors (Lipinski definition) is 2. The number of anilines is 1. The fraction of sp³-hybridized carbons (Fsp3) is 0.182. The third kappa shape index (κ3) is 5.18. The number of nitrogens with one attached hydrogen (secondary N) is 2. The van der Waals surface area contributed by atoms with Crippen LogP contribution in [0.3, 0.4) is 0 Å². The number of nitrogens with zero attached hydrogens (tertiary/aromatic N) is 1. The standard InChI is InChI=1S/C22H21ClFN3O3/c1-3-25-22(28)27-19-10-8-17(12-26-19)30-13-15-7-9-18(29-2)20(21(15)24)14-5-4-6-16(23)11-14/h4-12H,3,13H2,1-2H3,(H2,25,26,27,28). The van der Waals surface area contributed by atoms with E-state index in [2.05, 4.69) is 15.6 Å². The molecule has 2 N–H and O–H groups in total. The predicted molar refractivity (Wildman–Crippen MR) is 115 cm³/mol. The number of aromatic nitrogens is 1. The van der Waals surface area contributed by atoms with Crippen molar-refractivity contribution in [3.8, 4) is 22.6 Å². The quantitative estimate of drug-likeness (QED) is 0.536. The summed E-state index contributed by atoms with van der Waals surface area (Å²) in [7, 11) is 1.49. The summed E-state index contributed by atoms with van der Waals surface area (Å²) in [5.74, 6) is 0.781. The molecule has 1 heterocycles. The van der Waals surface area contributed by atoms with E-state index < -0.39 is 5.82 Å². The molecular formula is C22H21ClFN3O3. The van der Waals surface area contributed by atoms with E-state index in [9.17, 15) is 4.79 Å². The van der Waals surface area contributed by atoms with Gasteiger partial charge in [0, 0.05) is 17.1 Å². The van der Waals surface area contributed by atoms with Gasteiger partial charge in [0.05, 0.1) is 18.9 Å². The molecule has 0 saturated carbocycles. The van der Waals surface area contributed by atoms with Crippen molar-refractivity contribution in [3.63, 3.8) is 0 Å². The summed E-state index contributed by atoms with van der Waals surface area (Å²) in [5.41, 5.74) is 1.29. The fourth-order valence-corrected chi connectivity index (χ4v) is 3.01. The lowest BCUT2D eigenvalue weighted by molar-refractivity contribution is 0.252. The zero-order chi connectivity index (χ0) is 21.5. The van der Waals surface area contributed by atoms with Gasteiger partial charge in [-0.1, -0.05) is 23.7 Å². The molecule has 0 bridgehead atoms. The lowest BCUT2D eigenvalue weighted by atomic mass is 10.0. The summed E-state index contributed by atoms with van der Waals surface area (Å²) in [6.07, 6.45) is 1.46. The van der Waals surface area contributed by atoms with E-state index in [1.165, 1.54) is 13.3 Å². The van der Waals surface area contributed by atoms with Crippen LogP contribution >= 0.6 is 11.6 Å². The highest BCUT2D eigenvalue weighted by Crippen LogP contribution is 2.35. The first-order valence-electron chi connectivity index (χ1n) is 9.26. The maximum atomic E-state index is 15.2. The number of hydrogen-bond acceptors (Lipinski definition) is 4. The average Bonchev–Trinajstić information content (AvgIpc) is 2.73. The normalized spacial score (nSPS) is 10.4. The van der Waals surface area contributed by atoms with Gasteiger partial charge in [-0.15, -0.1) is 0 Å². The zero-order valence-corrected chi connectivity index (χ0v) is 17.3. The lowest BCUT2D eigenvalue weighted by Crippen LogP contribution is -2.28. The Bertz CT molecular complexity index is 1030. The van der Waals surface area contributed by atoms with Crippen LogP contribution in [-0.2, 0) is 6.61 Å². The number of ether oxygens (including phenoxy) is 2. The average molecular weight is 430 g/mol. The molecule has 0 saturated heterocycles. The number of carbonyl (C=O) groups excluding carboxylic acids is 1. The minimum Gasteiger partial charge on any atom is -0.496 e. The van der Waals surface area contributed by atoms with Crippen molar-refractivity contribution in [2.24, 2.45) is 0 Å². The highest BCUT2D eigenvalue weighted by atomic mass is 35.5. The first kappa shape index (κ1) is 21.4. The molecule has 2 aromatic carbocycles. The number of amides is 2. The molecule has 2 amide bonds. The maximum Gasteiger partial charge on any atom is 0.320 e. The number of rotatable bonds is 7. The van der Waals surface area contributed by atoms with Crippen molar-refractivity contribution >= 4 is 23.4 Å². The molecule has 3 rings (SSSR count). The van der Waals surface area contributed by atoms with E-state index in [0.29, 0.717) is 45.6 Å². The van der Waals surface area contributed by atoms with E-state index in [0.717, 1.165) is 0 Å². The summed E-state index contributed by atoms with van der Waals surface area (Å²) in [5, 5.41) is 5.71. The Morgan fingerprint density at radius 1 is 1.20 bits per heavy atom. The van der Waals surface area contributed by atoms with E-state index in [1.54, 1.807) is 48.5 Å². The van der Waals surface area contributed by atoms with Crippen LogP contribution in [0.2, 0.25) is 5.02 Å². The van der Waals surface area contributed by atoms with Crippen molar-refractivity contribution in [1.82, 2.24) is 10.3 Å². The van der Waals surface area contributed by atoms with Gasteiger partial charge in [0.1, 0.15) is 29.7 Å². The largest absolute Gasteiger partial charge is 0.496 e. The minimum atomic E-state index is -0.445. The lowest BCUT2D eigenvalue weighted by Gasteiger charge is -2.14. The van der Waals surface area contributed by atoms with E-state index in [1.807, 2.05) is 6.92 Å². The second kappa shape index (κ2) is 9.93. The van der Waals surface area contributed by atoms with Crippen molar-refractivity contribution in [2.45, 2.75) is 13.5 Å². The van der Waals surface area contributed by atoms with Crippen LogP contribution < -0.4 is 20.1 Å². The first-order valence-corrected chi connectivity index (χ1v) is 9.64. The molecule has 0 atom stereocenters. The Balaban J connectivity index is 1.76. The van der Waals surface area contributed by atoms with Crippen molar-refractivity contribution < 1.29 is 18.7 Å². The third-order valence-corrected chi connectivity index (χ3v) is 4.46. The van der Waals surface area contributed by atoms with Crippen LogP contribution in [0.1, 0.15) is 12.5 Å². The van der Waals surface area contributed by atoms with Gasteiger partial charge < -0.3 is 14.8 Å². The van der Waals surface area contributed by atoms with Crippen LogP contribution in [0.5, 0.6) is 11.5 Å². The Hall–Kier alpha value is -3.32. The Labute approximate surface area is 179 Å². The number of carbonyl (C=O) groups is 1. The van der Waals surface area contributed by atoms with E-state index >= 15 is 4.39 Å². The molecule has 0 aliphatic carbocycles. The van der Waals surface area contributed by atoms with Gasteiger partial charge in [-0.05, 0) is 48.9 Å². The Morgan fingerprint density at radius 2 is 2.03 bits per heavy atom. The number of methoxy groups -OCH3 is 1. The monoisotopic (exact) mass is 429 g/mol. The van der Waals surface area contributed by atoms with Gasteiger partial charge in [-0.25, -0.2) is 14.2 Å². The molecule has 0 radical (unpaired) electrons. The molecule has 30 heavy (non-hydrogen) atoms. The smallest absolute Gasteiger partial charge is 0.320 e. The maximum absolute atomic E-state index is 15.2. The van der Waals surface area contributed by atoms with E-state index in [4.69, 9.17) is 21.1 Å². The van der Waals surface area contributed by atoms with Gasteiger partial charge in [0.15, 0.2) is 0 Å². The van der Waals surface area contributed by atoms with Gasteiger partial charge in [0.2, 0.25) is 0 Å². The summed E-state index contributed by atoms with van der Waals surface area (Å²) in [6.45, 7) is 2.33. The highest BCUT2D eigenvalue weighted by Gasteiger charge is 2.17. The van der Waals surface area contributed by atoms with Crippen LogP contribution in [0, 0.1) is 5.82 Å². The fourth-order valence-electron chi connectivity index (χ4n) is 2.82. The second-order valence-corrected chi connectivity index (χ2v) is 6.71. The highest BCUT2D eigenvalue weighted by molar-refractivity contribution is 6.30. The molecule has 6 nitrogen and oxygen atoms in total. The van der Waals surface area contributed by atoms with Crippen molar-refractivity contribution in [2.75, 3.05) is 19.0 Å². The molecule has 8 heteroatoms. The predicted octanol–water partition coefficient (Wildman–Crippen LogP) is 5.27. The van der Waals surface area contributed by atoms with Crippen LogP contribution in [0.4, 0.5) is 15.0 Å². The van der Waals surface area contributed by atoms with Gasteiger partial charge >= 0.3 is 6.03 Å². The zero-order valence-electron chi connectivity index (χ0n) is 16.5. The summed E-state index contributed by atoms with van der Waals surface area (Å²) >= 11 is 6.06. The molecular weight excluding hydrogens is 409 g/mol. The first-order chi connectivity index (χ1) is 14.5. The third-order valence-electron chi connectivity index (χ3n) is 4.23. The van der Waals surface area contributed by atoms with Gasteiger partial charge in [0.25, 0.3) is 0 Å².